The Morgan fingerprint density at radius 1 is 1.67 bits per heavy atom. The van der Waals surface area contributed by atoms with E-state index < -0.39 is 0 Å². The Hall–Kier alpha value is -1.98. The van der Waals surface area contributed by atoms with E-state index in [1.807, 2.05) is 0 Å². The summed E-state index contributed by atoms with van der Waals surface area (Å²) >= 11 is 0. The minimum atomic E-state index is -0.129. The lowest BCUT2D eigenvalue weighted by Gasteiger charge is -2.21. The van der Waals surface area contributed by atoms with Crippen LogP contribution in [0.4, 0.5) is 0 Å². The SMILES string of the molecule is OC=CCC1CON=C(c2cn[nH]c2)O1. The Kier molecular flexibility index (Phi) is 2.87. The zero-order chi connectivity index (χ0) is 10.5. The smallest absolute Gasteiger partial charge is 0.261 e. The molecule has 1 aliphatic heterocycles. The van der Waals surface area contributed by atoms with Gasteiger partial charge in [-0.25, -0.2) is 0 Å². The highest BCUT2D eigenvalue weighted by atomic mass is 16.7. The van der Waals surface area contributed by atoms with Gasteiger partial charge in [0.25, 0.3) is 5.90 Å². The molecule has 0 radical (unpaired) electrons. The van der Waals surface area contributed by atoms with Crippen molar-refractivity contribution >= 4 is 5.90 Å². The highest BCUT2D eigenvalue weighted by Gasteiger charge is 2.20. The van der Waals surface area contributed by atoms with Gasteiger partial charge in [-0.05, 0) is 11.2 Å². The zero-order valence-electron chi connectivity index (χ0n) is 7.96. The number of oxime groups is 1. The van der Waals surface area contributed by atoms with Crippen LogP contribution in [0.25, 0.3) is 0 Å². The Balaban J connectivity index is 2.00. The van der Waals surface area contributed by atoms with Crippen molar-refractivity contribution in [1.29, 1.82) is 0 Å². The number of aliphatic hydroxyl groups excluding tert-OH is 1. The van der Waals surface area contributed by atoms with E-state index in [1.54, 1.807) is 18.5 Å². The number of aromatic nitrogens is 2. The van der Waals surface area contributed by atoms with Crippen molar-refractivity contribution in [3.63, 3.8) is 0 Å². The summed E-state index contributed by atoms with van der Waals surface area (Å²) in [6, 6.07) is 0. The van der Waals surface area contributed by atoms with Crippen molar-refractivity contribution in [2.24, 2.45) is 5.16 Å². The highest BCUT2D eigenvalue weighted by molar-refractivity contribution is 5.93. The van der Waals surface area contributed by atoms with Crippen molar-refractivity contribution in [2.45, 2.75) is 12.5 Å². The van der Waals surface area contributed by atoms with Crippen LogP contribution < -0.4 is 0 Å². The summed E-state index contributed by atoms with van der Waals surface area (Å²) in [4.78, 5) is 5.02. The number of nitrogens with zero attached hydrogens (tertiary/aromatic N) is 2. The maximum absolute atomic E-state index is 8.52. The third-order valence-electron chi connectivity index (χ3n) is 1.94. The molecule has 2 heterocycles. The molecule has 80 valence electrons. The molecule has 15 heavy (non-hydrogen) atoms. The molecule has 1 unspecified atom stereocenters. The molecule has 2 rings (SSSR count). The second kappa shape index (κ2) is 4.50. The molecule has 0 bridgehead atoms. The van der Waals surface area contributed by atoms with E-state index in [1.165, 1.54) is 0 Å². The Bertz CT molecular complexity index is 359. The molecular weight excluding hydrogens is 198 g/mol. The average molecular weight is 209 g/mol. The van der Waals surface area contributed by atoms with Gasteiger partial charge in [0.15, 0.2) is 6.61 Å². The van der Waals surface area contributed by atoms with Gasteiger partial charge in [-0.1, -0.05) is 0 Å². The molecule has 1 atom stereocenters. The van der Waals surface area contributed by atoms with Crippen LogP contribution in [0.1, 0.15) is 12.0 Å². The topological polar surface area (TPSA) is 79.7 Å². The number of aliphatic hydroxyl groups is 1. The standard InChI is InChI=1S/C9H11N3O3/c13-3-1-2-8-6-14-12-9(15-8)7-4-10-11-5-7/h1,3-5,8,13H,2,6H2,(H,10,11). The zero-order valence-corrected chi connectivity index (χ0v) is 7.96. The lowest BCUT2D eigenvalue weighted by molar-refractivity contribution is 0.0121. The molecule has 1 aliphatic rings. The minimum Gasteiger partial charge on any atom is -0.516 e. The third-order valence-corrected chi connectivity index (χ3v) is 1.94. The van der Waals surface area contributed by atoms with Crippen molar-refractivity contribution in [2.75, 3.05) is 6.61 Å². The largest absolute Gasteiger partial charge is 0.516 e. The number of hydrogen-bond acceptors (Lipinski definition) is 5. The summed E-state index contributed by atoms with van der Waals surface area (Å²) < 4.78 is 5.54. The van der Waals surface area contributed by atoms with Crippen molar-refractivity contribution in [3.8, 4) is 0 Å². The Morgan fingerprint density at radius 3 is 3.33 bits per heavy atom. The molecule has 6 heteroatoms. The fourth-order valence-corrected chi connectivity index (χ4v) is 1.21. The lowest BCUT2D eigenvalue weighted by Crippen LogP contribution is -2.27. The highest BCUT2D eigenvalue weighted by Crippen LogP contribution is 2.12. The van der Waals surface area contributed by atoms with E-state index >= 15 is 0 Å². The summed E-state index contributed by atoms with van der Waals surface area (Å²) in [7, 11) is 0. The van der Waals surface area contributed by atoms with Crippen molar-refractivity contribution < 1.29 is 14.7 Å². The van der Waals surface area contributed by atoms with E-state index in [2.05, 4.69) is 15.4 Å². The van der Waals surface area contributed by atoms with E-state index in [0.717, 1.165) is 11.8 Å². The molecule has 2 N–H and O–H groups in total. The summed E-state index contributed by atoms with van der Waals surface area (Å²) in [5.74, 6) is 0.409. The van der Waals surface area contributed by atoms with Crippen LogP contribution in [0.15, 0.2) is 29.9 Å². The number of nitrogens with one attached hydrogen (secondary N) is 1. The van der Waals surface area contributed by atoms with Gasteiger partial charge in [0, 0.05) is 12.6 Å². The number of H-pyrrole nitrogens is 1. The molecule has 0 saturated heterocycles. The summed E-state index contributed by atoms with van der Waals surface area (Å²) in [5.41, 5.74) is 0.743. The van der Waals surface area contributed by atoms with Gasteiger partial charge in [0.1, 0.15) is 6.10 Å². The first-order chi connectivity index (χ1) is 7.40. The quantitative estimate of drug-likeness (QED) is 0.726. The van der Waals surface area contributed by atoms with Gasteiger partial charge in [0.05, 0.1) is 18.0 Å². The van der Waals surface area contributed by atoms with Gasteiger partial charge in [-0.15, -0.1) is 0 Å². The predicted molar refractivity (Wildman–Crippen MR) is 52.3 cm³/mol. The third kappa shape index (κ3) is 2.28. The van der Waals surface area contributed by atoms with Crippen molar-refractivity contribution in [3.05, 3.63) is 30.3 Å². The van der Waals surface area contributed by atoms with E-state index in [0.29, 0.717) is 18.9 Å². The van der Waals surface area contributed by atoms with Gasteiger partial charge in [-0.3, -0.25) is 5.10 Å². The molecule has 0 aliphatic carbocycles. The first kappa shape index (κ1) is 9.57. The molecule has 1 aromatic rings. The Morgan fingerprint density at radius 2 is 2.60 bits per heavy atom. The summed E-state index contributed by atoms with van der Waals surface area (Å²) in [6.07, 6.45) is 6.32. The molecular formula is C9H11N3O3. The average Bonchev–Trinajstić information content (AvgIpc) is 2.80. The van der Waals surface area contributed by atoms with E-state index in [4.69, 9.17) is 14.7 Å². The number of rotatable bonds is 3. The minimum absolute atomic E-state index is 0.129. The molecule has 0 aromatic carbocycles. The molecule has 0 spiro atoms. The van der Waals surface area contributed by atoms with Crippen LogP contribution in [-0.2, 0) is 9.57 Å². The second-order valence-electron chi connectivity index (χ2n) is 3.04. The van der Waals surface area contributed by atoms with Crippen molar-refractivity contribution in [1.82, 2.24) is 10.2 Å². The van der Waals surface area contributed by atoms with Crippen LogP contribution in [-0.4, -0.2) is 33.9 Å². The van der Waals surface area contributed by atoms with E-state index in [9.17, 15) is 0 Å². The maximum Gasteiger partial charge on any atom is 0.261 e. The molecule has 0 amide bonds. The maximum atomic E-state index is 8.52. The van der Waals surface area contributed by atoms with Crippen LogP contribution >= 0.6 is 0 Å². The Labute approximate surface area is 86.2 Å². The normalized spacial score (nSPS) is 20.8. The van der Waals surface area contributed by atoms with Gasteiger partial charge in [0.2, 0.25) is 0 Å². The monoisotopic (exact) mass is 209 g/mol. The van der Waals surface area contributed by atoms with Crippen LogP contribution in [0, 0.1) is 0 Å². The number of ether oxygens (including phenoxy) is 1. The van der Waals surface area contributed by atoms with Crippen LogP contribution in [0.3, 0.4) is 0 Å². The second-order valence-corrected chi connectivity index (χ2v) is 3.04. The first-order valence-corrected chi connectivity index (χ1v) is 4.55. The molecule has 6 nitrogen and oxygen atoms in total. The van der Waals surface area contributed by atoms with Gasteiger partial charge < -0.3 is 14.7 Å². The van der Waals surface area contributed by atoms with Crippen LogP contribution in [0.5, 0.6) is 0 Å². The lowest BCUT2D eigenvalue weighted by atomic mass is 10.2. The fourth-order valence-electron chi connectivity index (χ4n) is 1.21. The van der Waals surface area contributed by atoms with Gasteiger partial charge >= 0.3 is 0 Å². The van der Waals surface area contributed by atoms with E-state index in [-0.39, 0.29) is 6.10 Å². The number of aromatic amines is 1. The summed E-state index contributed by atoms with van der Waals surface area (Å²) in [6.45, 7) is 0.381. The molecule has 0 fully saturated rings. The van der Waals surface area contributed by atoms with Gasteiger partial charge in [-0.2, -0.15) is 5.10 Å². The predicted octanol–water partition coefficient (Wildman–Crippen LogP) is 0.948. The fraction of sp³-hybridized carbons (Fsp3) is 0.333. The first-order valence-electron chi connectivity index (χ1n) is 4.55. The molecule has 0 saturated carbocycles. The summed E-state index contributed by atoms with van der Waals surface area (Å²) in [5, 5.41) is 18.8. The molecule has 1 aromatic heterocycles. The number of hydrogen-bond donors (Lipinski definition) is 2. The van der Waals surface area contributed by atoms with Crippen LogP contribution in [0.2, 0.25) is 0 Å².